The van der Waals surface area contributed by atoms with E-state index in [1.165, 1.54) is 19.2 Å². The summed E-state index contributed by atoms with van der Waals surface area (Å²) in [6.45, 7) is -0.179. The van der Waals surface area contributed by atoms with Crippen LogP contribution in [-0.4, -0.2) is 31.1 Å². The lowest BCUT2D eigenvalue weighted by Crippen LogP contribution is -2.33. The number of ether oxygens (including phenoxy) is 2. The summed E-state index contributed by atoms with van der Waals surface area (Å²) in [5.41, 5.74) is -0.300. The third-order valence-electron chi connectivity index (χ3n) is 1.68. The van der Waals surface area contributed by atoms with Gasteiger partial charge in [-0.3, -0.25) is 0 Å². The SMILES string of the molecule is COCOc1c(Cl)ccc(B(O)O)c1F. The minimum Gasteiger partial charge on any atom is -0.463 e. The van der Waals surface area contributed by atoms with Crippen molar-refractivity contribution in [2.75, 3.05) is 13.9 Å². The number of halogens is 2. The molecule has 0 aliphatic rings. The Balaban J connectivity index is 3.06. The van der Waals surface area contributed by atoms with Crippen LogP contribution in [0.2, 0.25) is 5.02 Å². The van der Waals surface area contributed by atoms with E-state index in [0.717, 1.165) is 0 Å². The molecule has 1 aromatic carbocycles. The molecule has 0 fully saturated rings. The highest BCUT2D eigenvalue weighted by molar-refractivity contribution is 6.58. The fourth-order valence-electron chi connectivity index (χ4n) is 0.997. The van der Waals surface area contributed by atoms with Gasteiger partial charge < -0.3 is 19.5 Å². The molecule has 0 bridgehead atoms. The second kappa shape index (κ2) is 5.32. The molecule has 1 rings (SSSR count). The Hall–Kier alpha value is -0.815. The molecule has 0 heterocycles. The summed E-state index contributed by atoms with van der Waals surface area (Å²) in [5, 5.41) is 17.7. The summed E-state index contributed by atoms with van der Waals surface area (Å²) in [5.74, 6) is -1.17. The molecule has 0 saturated carbocycles. The van der Waals surface area contributed by atoms with Crippen LogP contribution in [0, 0.1) is 5.82 Å². The molecule has 0 aliphatic heterocycles. The number of benzene rings is 1. The topological polar surface area (TPSA) is 58.9 Å². The Bertz CT molecular complexity index is 348. The quantitative estimate of drug-likeness (QED) is 0.575. The zero-order valence-corrected chi connectivity index (χ0v) is 8.66. The van der Waals surface area contributed by atoms with Gasteiger partial charge in [0, 0.05) is 12.6 Å². The Morgan fingerprint density at radius 3 is 2.67 bits per heavy atom. The summed E-state index contributed by atoms with van der Waals surface area (Å²) in [7, 11) is -0.538. The van der Waals surface area contributed by atoms with Gasteiger partial charge in [-0.1, -0.05) is 17.7 Å². The summed E-state index contributed by atoms with van der Waals surface area (Å²) in [6, 6.07) is 2.48. The first kappa shape index (κ1) is 12.3. The molecule has 4 nitrogen and oxygen atoms in total. The second-order valence-electron chi connectivity index (χ2n) is 2.70. The molecular formula is C8H9BClFO4. The van der Waals surface area contributed by atoms with Gasteiger partial charge in [-0.15, -0.1) is 0 Å². The van der Waals surface area contributed by atoms with Crippen LogP contribution in [0.25, 0.3) is 0 Å². The first-order chi connectivity index (χ1) is 7.07. The van der Waals surface area contributed by atoms with Gasteiger partial charge in [-0.25, -0.2) is 4.39 Å². The third-order valence-corrected chi connectivity index (χ3v) is 1.98. The number of hydrogen-bond donors (Lipinski definition) is 2. The van der Waals surface area contributed by atoms with E-state index in [-0.39, 0.29) is 23.0 Å². The van der Waals surface area contributed by atoms with Crippen LogP contribution >= 0.6 is 11.6 Å². The van der Waals surface area contributed by atoms with Crippen LogP contribution in [0.5, 0.6) is 5.75 Å². The zero-order valence-electron chi connectivity index (χ0n) is 7.91. The van der Waals surface area contributed by atoms with E-state index in [9.17, 15) is 4.39 Å². The van der Waals surface area contributed by atoms with Crippen molar-refractivity contribution in [3.8, 4) is 5.75 Å². The van der Waals surface area contributed by atoms with Gasteiger partial charge in [0.2, 0.25) is 0 Å². The largest absolute Gasteiger partial charge is 0.491 e. The van der Waals surface area contributed by atoms with E-state index in [1.54, 1.807) is 0 Å². The molecular weight excluding hydrogens is 225 g/mol. The van der Waals surface area contributed by atoms with Crippen LogP contribution in [0.4, 0.5) is 4.39 Å². The van der Waals surface area contributed by atoms with Crippen LogP contribution in [0.15, 0.2) is 12.1 Å². The molecule has 15 heavy (non-hydrogen) atoms. The molecule has 0 saturated heterocycles. The van der Waals surface area contributed by atoms with E-state index in [4.69, 9.17) is 26.4 Å². The minimum atomic E-state index is -1.91. The van der Waals surface area contributed by atoms with Gasteiger partial charge >= 0.3 is 7.12 Å². The molecule has 0 atom stereocenters. The normalized spacial score (nSPS) is 10.2. The van der Waals surface area contributed by atoms with Crippen molar-refractivity contribution >= 4 is 24.2 Å². The number of methoxy groups -OCH3 is 1. The highest BCUT2D eigenvalue weighted by Gasteiger charge is 2.21. The Morgan fingerprint density at radius 2 is 2.13 bits per heavy atom. The Kier molecular flexibility index (Phi) is 4.35. The Morgan fingerprint density at radius 1 is 1.47 bits per heavy atom. The zero-order chi connectivity index (χ0) is 11.4. The maximum absolute atomic E-state index is 13.5. The molecule has 7 heteroatoms. The molecule has 0 aliphatic carbocycles. The summed E-state index contributed by atoms with van der Waals surface area (Å²) < 4.78 is 23.0. The van der Waals surface area contributed by atoms with E-state index in [2.05, 4.69) is 4.74 Å². The standard InChI is InChI=1S/C8H9BClFO4/c1-14-4-15-8-6(10)3-2-5(7(8)11)9(12)13/h2-3,12-13H,4H2,1H3. The van der Waals surface area contributed by atoms with Gasteiger partial charge in [-0.05, 0) is 6.07 Å². The maximum atomic E-state index is 13.5. The molecule has 0 amide bonds. The van der Waals surface area contributed by atoms with E-state index in [1.807, 2.05) is 0 Å². The second-order valence-corrected chi connectivity index (χ2v) is 3.11. The van der Waals surface area contributed by atoms with Crippen molar-refractivity contribution in [3.63, 3.8) is 0 Å². The smallest absolute Gasteiger partial charge is 0.463 e. The van der Waals surface area contributed by atoms with Gasteiger partial charge in [0.05, 0.1) is 5.02 Å². The predicted octanol–water partition coefficient (Wildman–Crippen LogP) is 0.142. The van der Waals surface area contributed by atoms with Gasteiger partial charge in [-0.2, -0.15) is 0 Å². The molecule has 1 aromatic rings. The van der Waals surface area contributed by atoms with Gasteiger partial charge in [0.15, 0.2) is 18.4 Å². The third kappa shape index (κ3) is 2.82. The van der Waals surface area contributed by atoms with Crippen molar-refractivity contribution in [1.82, 2.24) is 0 Å². The molecule has 0 aromatic heterocycles. The van der Waals surface area contributed by atoms with Gasteiger partial charge in [0.1, 0.15) is 0 Å². The van der Waals surface area contributed by atoms with E-state index in [0.29, 0.717) is 0 Å². The van der Waals surface area contributed by atoms with E-state index < -0.39 is 12.9 Å². The van der Waals surface area contributed by atoms with Crippen molar-refractivity contribution in [2.45, 2.75) is 0 Å². The first-order valence-electron chi connectivity index (χ1n) is 4.03. The average Bonchev–Trinajstić information content (AvgIpc) is 2.17. The molecule has 2 N–H and O–H groups in total. The maximum Gasteiger partial charge on any atom is 0.491 e. The summed E-state index contributed by atoms with van der Waals surface area (Å²) >= 11 is 5.66. The van der Waals surface area contributed by atoms with Gasteiger partial charge in [0.25, 0.3) is 0 Å². The lowest BCUT2D eigenvalue weighted by atomic mass is 9.80. The first-order valence-corrected chi connectivity index (χ1v) is 4.41. The highest BCUT2D eigenvalue weighted by atomic mass is 35.5. The fourth-order valence-corrected chi connectivity index (χ4v) is 1.20. The molecule has 0 unspecified atom stereocenters. The summed E-state index contributed by atoms with van der Waals surface area (Å²) in [4.78, 5) is 0. The van der Waals surface area contributed by atoms with Crippen LogP contribution in [0.1, 0.15) is 0 Å². The lowest BCUT2D eigenvalue weighted by Gasteiger charge is -2.10. The van der Waals surface area contributed by atoms with Crippen molar-refractivity contribution in [3.05, 3.63) is 23.0 Å². The van der Waals surface area contributed by atoms with Crippen molar-refractivity contribution in [2.24, 2.45) is 0 Å². The monoisotopic (exact) mass is 234 g/mol. The van der Waals surface area contributed by atoms with E-state index >= 15 is 0 Å². The highest BCUT2D eigenvalue weighted by Crippen LogP contribution is 2.26. The van der Waals surface area contributed by atoms with Crippen molar-refractivity contribution in [1.29, 1.82) is 0 Å². The predicted molar refractivity (Wildman–Crippen MR) is 53.7 cm³/mol. The van der Waals surface area contributed by atoms with Crippen molar-refractivity contribution < 1.29 is 23.9 Å². The average molecular weight is 234 g/mol. The van der Waals surface area contributed by atoms with Crippen LogP contribution in [-0.2, 0) is 4.74 Å². The molecule has 0 radical (unpaired) electrons. The fraction of sp³-hybridized carbons (Fsp3) is 0.250. The molecule has 82 valence electrons. The van der Waals surface area contributed by atoms with Crippen LogP contribution in [0.3, 0.4) is 0 Å². The number of hydrogen-bond acceptors (Lipinski definition) is 4. The Labute approximate surface area is 91.3 Å². The number of rotatable bonds is 4. The lowest BCUT2D eigenvalue weighted by molar-refractivity contribution is 0.0484. The minimum absolute atomic E-state index is 0.0361. The van der Waals surface area contributed by atoms with Crippen LogP contribution < -0.4 is 10.2 Å². The summed E-state index contributed by atoms with van der Waals surface area (Å²) in [6.07, 6.45) is 0. The molecule has 0 spiro atoms.